The summed E-state index contributed by atoms with van der Waals surface area (Å²) >= 11 is 0. The van der Waals surface area contributed by atoms with Crippen LogP contribution in [0.1, 0.15) is 6.92 Å². The molecule has 0 saturated carbocycles. The summed E-state index contributed by atoms with van der Waals surface area (Å²) in [6, 6.07) is 0. The fourth-order valence-corrected chi connectivity index (χ4v) is 0.860. The van der Waals surface area contributed by atoms with Gasteiger partial charge in [-0.05, 0) is 6.08 Å². The van der Waals surface area contributed by atoms with Gasteiger partial charge in [0, 0.05) is 13.0 Å². The third-order valence-corrected chi connectivity index (χ3v) is 1.32. The second kappa shape index (κ2) is 3.86. The number of cyclic esters (lactones) is 1. The molecule has 5 nitrogen and oxygen atoms in total. The molecule has 1 aliphatic heterocycles. The van der Waals surface area contributed by atoms with Crippen LogP contribution in [-0.4, -0.2) is 23.6 Å². The third kappa shape index (κ3) is 2.41. The van der Waals surface area contributed by atoms with E-state index in [9.17, 15) is 9.59 Å². The van der Waals surface area contributed by atoms with E-state index in [1.54, 1.807) is 0 Å². The van der Waals surface area contributed by atoms with Crippen molar-refractivity contribution in [1.29, 1.82) is 0 Å². The molecule has 0 unspecified atom stereocenters. The number of amides is 1. The molecule has 0 aromatic carbocycles. The highest BCUT2D eigenvalue weighted by Gasteiger charge is 2.21. The van der Waals surface area contributed by atoms with Gasteiger partial charge in [0.25, 0.3) is 0 Å². The highest BCUT2D eigenvalue weighted by molar-refractivity contribution is 5.96. The number of carbonyl (C=O) groups is 2. The van der Waals surface area contributed by atoms with E-state index in [0.717, 1.165) is 0 Å². The average molecular weight is 183 g/mol. The first kappa shape index (κ1) is 9.47. The van der Waals surface area contributed by atoms with Crippen LogP contribution in [0.5, 0.6) is 0 Å². The van der Waals surface area contributed by atoms with Gasteiger partial charge in [-0.25, -0.2) is 4.79 Å². The van der Waals surface area contributed by atoms with Crippen LogP contribution in [0.25, 0.3) is 0 Å². The van der Waals surface area contributed by atoms with E-state index in [-0.39, 0.29) is 24.0 Å². The summed E-state index contributed by atoms with van der Waals surface area (Å²) in [7, 11) is 0. The van der Waals surface area contributed by atoms with E-state index in [1.165, 1.54) is 19.1 Å². The van der Waals surface area contributed by atoms with Crippen LogP contribution in [0.15, 0.2) is 23.6 Å². The third-order valence-electron chi connectivity index (χ3n) is 1.32. The first-order valence-corrected chi connectivity index (χ1v) is 3.66. The van der Waals surface area contributed by atoms with Gasteiger partial charge in [-0.1, -0.05) is 0 Å². The first-order valence-electron chi connectivity index (χ1n) is 3.66. The van der Waals surface area contributed by atoms with Crippen LogP contribution in [0.2, 0.25) is 0 Å². The largest absolute Gasteiger partial charge is 0.422 e. The van der Waals surface area contributed by atoms with E-state index < -0.39 is 5.97 Å². The number of rotatable bonds is 2. The van der Waals surface area contributed by atoms with E-state index in [0.29, 0.717) is 0 Å². The summed E-state index contributed by atoms with van der Waals surface area (Å²) in [5.41, 5.74) is 0.0900. The Labute approximate surface area is 74.7 Å². The Morgan fingerprint density at radius 1 is 1.77 bits per heavy atom. The van der Waals surface area contributed by atoms with Gasteiger partial charge in [0.15, 0.2) is 0 Å². The summed E-state index contributed by atoms with van der Waals surface area (Å²) in [5, 5.41) is 10.8. The van der Waals surface area contributed by atoms with Crippen molar-refractivity contribution < 1.29 is 19.4 Å². The molecule has 0 radical (unpaired) electrons. The SMILES string of the molecule is CC(=O)NC1=C/C(=C/CO)OC1=O. The van der Waals surface area contributed by atoms with Crippen LogP contribution < -0.4 is 5.32 Å². The molecule has 0 aromatic rings. The quantitative estimate of drug-likeness (QED) is 0.562. The maximum Gasteiger partial charge on any atom is 0.360 e. The molecule has 13 heavy (non-hydrogen) atoms. The van der Waals surface area contributed by atoms with Crippen LogP contribution >= 0.6 is 0 Å². The molecule has 1 aliphatic rings. The molecule has 2 N–H and O–H groups in total. The zero-order valence-corrected chi connectivity index (χ0v) is 7.03. The van der Waals surface area contributed by atoms with Gasteiger partial charge in [0.1, 0.15) is 11.5 Å². The minimum atomic E-state index is -0.616. The molecule has 0 aromatic heterocycles. The fourth-order valence-electron chi connectivity index (χ4n) is 0.860. The first-order chi connectivity index (χ1) is 6.13. The number of ether oxygens (including phenoxy) is 1. The average Bonchev–Trinajstić information content (AvgIpc) is 2.31. The Bertz CT molecular complexity index is 303. The van der Waals surface area contributed by atoms with Crippen molar-refractivity contribution in [3.05, 3.63) is 23.6 Å². The summed E-state index contributed by atoms with van der Waals surface area (Å²) < 4.78 is 4.67. The monoisotopic (exact) mass is 183 g/mol. The molecular formula is C8H9NO4. The number of nitrogens with one attached hydrogen (secondary N) is 1. The Morgan fingerprint density at radius 3 is 3.00 bits per heavy atom. The van der Waals surface area contributed by atoms with Crippen LogP contribution in [-0.2, 0) is 14.3 Å². The highest BCUT2D eigenvalue weighted by Crippen LogP contribution is 2.14. The van der Waals surface area contributed by atoms with Crippen molar-refractivity contribution in [2.75, 3.05) is 6.61 Å². The number of hydrogen-bond donors (Lipinski definition) is 2. The molecule has 1 heterocycles. The topological polar surface area (TPSA) is 75.6 Å². The van der Waals surface area contributed by atoms with Crippen molar-refractivity contribution in [3.63, 3.8) is 0 Å². The number of hydrogen-bond acceptors (Lipinski definition) is 4. The van der Waals surface area contributed by atoms with Crippen LogP contribution in [0.3, 0.4) is 0 Å². The summed E-state index contributed by atoms with van der Waals surface area (Å²) in [6.45, 7) is 1.08. The smallest absolute Gasteiger partial charge is 0.360 e. The van der Waals surface area contributed by atoms with E-state index in [1.807, 2.05) is 0 Å². The highest BCUT2D eigenvalue weighted by atomic mass is 16.5. The predicted octanol–water partition coefficient (Wildman–Crippen LogP) is -0.561. The zero-order chi connectivity index (χ0) is 9.84. The van der Waals surface area contributed by atoms with Crippen molar-refractivity contribution >= 4 is 11.9 Å². The van der Waals surface area contributed by atoms with Crippen LogP contribution in [0.4, 0.5) is 0 Å². The fraction of sp³-hybridized carbons (Fsp3) is 0.250. The molecule has 1 amide bonds. The Morgan fingerprint density at radius 2 is 2.46 bits per heavy atom. The zero-order valence-electron chi connectivity index (χ0n) is 7.03. The predicted molar refractivity (Wildman–Crippen MR) is 43.2 cm³/mol. The lowest BCUT2D eigenvalue weighted by Crippen LogP contribution is -2.22. The maximum atomic E-state index is 11.0. The molecule has 1 rings (SSSR count). The minimum Gasteiger partial charge on any atom is -0.422 e. The summed E-state index contributed by atoms with van der Waals surface area (Å²) in [6.07, 6.45) is 2.69. The Balaban J connectivity index is 2.74. The normalized spacial score (nSPS) is 18.5. The minimum absolute atomic E-state index is 0.0900. The lowest BCUT2D eigenvalue weighted by Gasteiger charge is -1.97. The lowest BCUT2D eigenvalue weighted by molar-refractivity contribution is -0.134. The van der Waals surface area contributed by atoms with Crippen molar-refractivity contribution in [1.82, 2.24) is 5.32 Å². The standard InChI is InChI=1S/C8H9NO4/c1-5(11)9-7-4-6(2-3-10)13-8(7)12/h2,4,10H,3H2,1H3,(H,9,11)/b6-2-. The summed E-state index contributed by atoms with van der Waals surface area (Å²) in [4.78, 5) is 21.5. The van der Waals surface area contributed by atoms with E-state index in [2.05, 4.69) is 10.1 Å². The number of carbonyl (C=O) groups excluding carboxylic acids is 2. The molecule has 0 atom stereocenters. The number of aliphatic hydroxyl groups excluding tert-OH is 1. The molecule has 70 valence electrons. The van der Waals surface area contributed by atoms with Crippen molar-refractivity contribution in [3.8, 4) is 0 Å². The van der Waals surface area contributed by atoms with Gasteiger partial charge < -0.3 is 15.2 Å². The molecule has 0 aliphatic carbocycles. The number of esters is 1. The van der Waals surface area contributed by atoms with Gasteiger partial charge in [-0.15, -0.1) is 0 Å². The molecule has 0 saturated heterocycles. The molecule has 5 heteroatoms. The van der Waals surface area contributed by atoms with Gasteiger partial charge in [-0.3, -0.25) is 4.79 Å². The van der Waals surface area contributed by atoms with E-state index in [4.69, 9.17) is 5.11 Å². The molecule has 0 bridgehead atoms. The van der Waals surface area contributed by atoms with E-state index >= 15 is 0 Å². The van der Waals surface area contributed by atoms with Crippen molar-refractivity contribution in [2.24, 2.45) is 0 Å². The second-order valence-electron chi connectivity index (χ2n) is 2.42. The Hall–Kier alpha value is -1.62. The number of allylic oxidation sites excluding steroid dienone is 1. The van der Waals surface area contributed by atoms with Gasteiger partial charge in [-0.2, -0.15) is 0 Å². The second-order valence-corrected chi connectivity index (χ2v) is 2.42. The number of aliphatic hydroxyl groups is 1. The Kier molecular flexibility index (Phi) is 2.81. The molecular weight excluding hydrogens is 174 g/mol. The molecule has 0 spiro atoms. The van der Waals surface area contributed by atoms with Crippen LogP contribution in [0, 0.1) is 0 Å². The van der Waals surface area contributed by atoms with Gasteiger partial charge >= 0.3 is 5.97 Å². The van der Waals surface area contributed by atoms with Gasteiger partial charge in [0.2, 0.25) is 5.91 Å². The summed E-state index contributed by atoms with van der Waals surface area (Å²) in [5.74, 6) is -0.709. The molecule has 0 fully saturated rings. The van der Waals surface area contributed by atoms with Crippen molar-refractivity contribution in [2.45, 2.75) is 6.92 Å². The maximum absolute atomic E-state index is 11.0. The lowest BCUT2D eigenvalue weighted by atomic mass is 10.4. The van der Waals surface area contributed by atoms with Gasteiger partial charge in [0.05, 0.1) is 6.61 Å².